The van der Waals surface area contributed by atoms with Gasteiger partial charge in [0.25, 0.3) is 0 Å². The zero-order chi connectivity index (χ0) is 15.1. The van der Waals surface area contributed by atoms with Crippen LogP contribution >= 0.6 is 0 Å². The van der Waals surface area contributed by atoms with Crippen molar-refractivity contribution in [1.82, 2.24) is 9.97 Å². The Hall–Kier alpha value is -2.21. The first kappa shape index (κ1) is 15.2. The number of benzene rings is 1. The van der Waals surface area contributed by atoms with Crippen LogP contribution in [0.2, 0.25) is 0 Å². The SMILES string of the molecule is CCOCc1nc(N)cc(NCCc2ccc(F)cc2)n1. The topological polar surface area (TPSA) is 73.1 Å². The summed E-state index contributed by atoms with van der Waals surface area (Å²) in [5.74, 6) is 1.40. The molecule has 2 rings (SSSR count). The molecule has 0 bridgehead atoms. The third-order valence-electron chi connectivity index (χ3n) is 2.86. The Morgan fingerprint density at radius 3 is 2.71 bits per heavy atom. The summed E-state index contributed by atoms with van der Waals surface area (Å²) in [7, 11) is 0. The van der Waals surface area contributed by atoms with Crippen LogP contribution in [0.3, 0.4) is 0 Å². The quantitative estimate of drug-likeness (QED) is 0.819. The van der Waals surface area contributed by atoms with Crippen LogP contribution in [0.15, 0.2) is 30.3 Å². The summed E-state index contributed by atoms with van der Waals surface area (Å²) in [5.41, 5.74) is 6.80. The second-order valence-corrected chi connectivity index (χ2v) is 4.53. The van der Waals surface area contributed by atoms with E-state index in [-0.39, 0.29) is 5.82 Å². The van der Waals surface area contributed by atoms with E-state index in [2.05, 4.69) is 15.3 Å². The van der Waals surface area contributed by atoms with Crippen molar-refractivity contribution in [1.29, 1.82) is 0 Å². The van der Waals surface area contributed by atoms with Gasteiger partial charge in [0.15, 0.2) is 5.82 Å². The number of halogens is 1. The summed E-state index contributed by atoms with van der Waals surface area (Å²) in [6.45, 7) is 3.53. The highest BCUT2D eigenvalue weighted by atomic mass is 19.1. The zero-order valence-electron chi connectivity index (χ0n) is 12.0. The van der Waals surface area contributed by atoms with E-state index in [0.29, 0.717) is 37.2 Å². The first-order chi connectivity index (χ1) is 10.2. The third kappa shape index (κ3) is 5.00. The number of nitrogens with zero attached hydrogens (tertiary/aromatic N) is 2. The number of ether oxygens (including phenoxy) is 1. The van der Waals surface area contributed by atoms with E-state index in [1.54, 1.807) is 18.2 Å². The molecule has 0 unspecified atom stereocenters. The summed E-state index contributed by atoms with van der Waals surface area (Å²) >= 11 is 0. The predicted molar refractivity (Wildman–Crippen MR) is 80.4 cm³/mol. The van der Waals surface area contributed by atoms with Gasteiger partial charge < -0.3 is 15.8 Å². The molecule has 0 aliphatic carbocycles. The lowest BCUT2D eigenvalue weighted by Crippen LogP contribution is -2.10. The fourth-order valence-electron chi connectivity index (χ4n) is 1.85. The normalized spacial score (nSPS) is 10.6. The van der Waals surface area contributed by atoms with Gasteiger partial charge in [-0.2, -0.15) is 0 Å². The Morgan fingerprint density at radius 1 is 1.24 bits per heavy atom. The van der Waals surface area contributed by atoms with Crippen LogP contribution in [-0.4, -0.2) is 23.1 Å². The van der Waals surface area contributed by atoms with Crippen molar-refractivity contribution in [3.63, 3.8) is 0 Å². The summed E-state index contributed by atoms with van der Waals surface area (Å²) in [6, 6.07) is 8.13. The number of nitrogens with two attached hydrogens (primary N) is 1. The molecule has 5 nitrogen and oxygen atoms in total. The average molecular weight is 290 g/mol. The van der Waals surface area contributed by atoms with E-state index in [1.165, 1.54) is 12.1 Å². The van der Waals surface area contributed by atoms with Crippen molar-refractivity contribution in [2.24, 2.45) is 0 Å². The molecule has 2 aromatic rings. The highest BCUT2D eigenvalue weighted by Crippen LogP contribution is 2.10. The molecule has 6 heteroatoms. The van der Waals surface area contributed by atoms with Crippen LogP contribution in [-0.2, 0) is 17.8 Å². The minimum Gasteiger partial charge on any atom is -0.384 e. The van der Waals surface area contributed by atoms with E-state index < -0.39 is 0 Å². The largest absolute Gasteiger partial charge is 0.384 e. The molecule has 0 aliphatic rings. The van der Waals surface area contributed by atoms with Gasteiger partial charge in [0, 0.05) is 19.2 Å². The Labute approximate surface area is 123 Å². The molecule has 0 saturated heterocycles. The predicted octanol–water partition coefficient (Wildman–Crippen LogP) is 2.39. The van der Waals surface area contributed by atoms with Crippen LogP contribution in [0.1, 0.15) is 18.3 Å². The number of nitrogen functional groups attached to an aromatic ring is 1. The summed E-state index contributed by atoms with van der Waals surface area (Å²) in [6.07, 6.45) is 0.769. The number of nitrogens with one attached hydrogen (secondary N) is 1. The van der Waals surface area contributed by atoms with E-state index in [0.717, 1.165) is 12.0 Å². The standard InChI is InChI=1S/C15H19FN4O/c1-2-21-10-15-19-13(17)9-14(20-15)18-8-7-11-3-5-12(16)6-4-11/h3-6,9H,2,7-8,10H2,1H3,(H3,17,18,19,20). The minimum absolute atomic E-state index is 0.226. The Bertz CT molecular complexity index is 574. The van der Waals surface area contributed by atoms with Crippen LogP contribution in [0.25, 0.3) is 0 Å². The smallest absolute Gasteiger partial charge is 0.158 e. The maximum absolute atomic E-state index is 12.8. The zero-order valence-corrected chi connectivity index (χ0v) is 12.0. The molecular weight excluding hydrogens is 271 g/mol. The van der Waals surface area contributed by atoms with Crippen molar-refractivity contribution in [2.75, 3.05) is 24.2 Å². The van der Waals surface area contributed by atoms with Crippen molar-refractivity contribution < 1.29 is 9.13 Å². The highest BCUT2D eigenvalue weighted by Gasteiger charge is 2.03. The van der Waals surface area contributed by atoms with Gasteiger partial charge >= 0.3 is 0 Å². The van der Waals surface area contributed by atoms with E-state index >= 15 is 0 Å². The molecule has 1 heterocycles. The number of aromatic nitrogens is 2. The number of hydrogen-bond donors (Lipinski definition) is 2. The van der Waals surface area contributed by atoms with E-state index in [1.807, 2.05) is 6.92 Å². The molecule has 0 saturated carbocycles. The fourth-order valence-corrected chi connectivity index (χ4v) is 1.85. The lowest BCUT2D eigenvalue weighted by Gasteiger charge is -2.08. The van der Waals surface area contributed by atoms with Crippen LogP contribution < -0.4 is 11.1 Å². The molecule has 0 fully saturated rings. The molecule has 0 aliphatic heterocycles. The molecular formula is C15H19FN4O. The van der Waals surface area contributed by atoms with Gasteiger partial charge in [0.2, 0.25) is 0 Å². The van der Waals surface area contributed by atoms with E-state index in [4.69, 9.17) is 10.5 Å². The molecule has 0 radical (unpaired) electrons. The van der Waals surface area contributed by atoms with Crippen LogP contribution in [0.5, 0.6) is 0 Å². The highest BCUT2D eigenvalue weighted by molar-refractivity contribution is 5.44. The number of hydrogen-bond acceptors (Lipinski definition) is 5. The Morgan fingerprint density at radius 2 is 2.00 bits per heavy atom. The lowest BCUT2D eigenvalue weighted by atomic mass is 10.1. The third-order valence-corrected chi connectivity index (χ3v) is 2.86. The van der Waals surface area contributed by atoms with Crippen molar-refractivity contribution in [3.8, 4) is 0 Å². The fraction of sp³-hybridized carbons (Fsp3) is 0.333. The first-order valence-corrected chi connectivity index (χ1v) is 6.87. The molecule has 0 amide bonds. The molecule has 112 valence electrons. The average Bonchev–Trinajstić information content (AvgIpc) is 2.47. The van der Waals surface area contributed by atoms with Gasteiger partial charge in [-0.1, -0.05) is 12.1 Å². The van der Waals surface area contributed by atoms with Gasteiger partial charge in [-0.3, -0.25) is 0 Å². The second kappa shape index (κ2) is 7.54. The lowest BCUT2D eigenvalue weighted by molar-refractivity contribution is 0.128. The molecule has 1 aromatic heterocycles. The summed E-state index contributed by atoms with van der Waals surface area (Å²) in [4.78, 5) is 8.44. The Kier molecular flexibility index (Phi) is 5.45. The van der Waals surface area contributed by atoms with Gasteiger partial charge in [-0.05, 0) is 31.0 Å². The number of anilines is 2. The molecule has 21 heavy (non-hydrogen) atoms. The first-order valence-electron chi connectivity index (χ1n) is 6.87. The molecule has 0 spiro atoms. The van der Waals surface area contributed by atoms with Crippen molar-refractivity contribution >= 4 is 11.6 Å². The van der Waals surface area contributed by atoms with Gasteiger partial charge in [-0.25, -0.2) is 14.4 Å². The molecule has 1 aromatic carbocycles. The van der Waals surface area contributed by atoms with E-state index in [9.17, 15) is 4.39 Å². The summed E-state index contributed by atoms with van der Waals surface area (Å²) < 4.78 is 18.1. The van der Waals surface area contributed by atoms with Crippen molar-refractivity contribution in [3.05, 3.63) is 47.5 Å². The maximum atomic E-state index is 12.8. The monoisotopic (exact) mass is 290 g/mol. The van der Waals surface area contributed by atoms with Gasteiger partial charge in [-0.15, -0.1) is 0 Å². The minimum atomic E-state index is -0.226. The second-order valence-electron chi connectivity index (χ2n) is 4.53. The molecule has 3 N–H and O–H groups in total. The molecule has 0 atom stereocenters. The number of rotatable bonds is 7. The van der Waals surface area contributed by atoms with Gasteiger partial charge in [0.1, 0.15) is 24.1 Å². The maximum Gasteiger partial charge on any atom is 0.158 e. The summed E-state index contributed by atoms with van der Waals surface area (Å²) in [5, 5.41) is 3.18. The Balaban J connectivity index is 1.90. The van der Waals surface area contributed by atoms with Crippen LogP contribution in [0, 0.1) is 5.82 Å². The van der Waals surface area contributed by atoms with Crippen LogP contribution in [0.4, 0.5) is 16.0 Å². The van der Waals surface area contributed by atoms with Crippen molar-refractivity contribution in [2.45, 2.75) is 20.0 Å². The van der Waals surface area contributed by atoms with Gasteiger partial charge in [0.05, 0.1) is 0 Å².